The summed E-state index contributed by atoms with van der Waals surface area (Å²) in [6.07, 6.45) is 1.47. The van der Waals surface area contributed by atoms with Crippen LogP contribution in [0.5, 0.6) is 0 Å². The Labute approximate surface area is 107 Å². The Kier molecular flexibility index (Phi) is 5.16. The molecular weight excluding hydrogens is 222 g/mol. The Balaban J connectivity index is 2.91. The van der Waals surface area contributed by atoms with E-state index in [1.807, 2.05) is 30.3 Å². The molecule has 0 N–H and O–H groups in total. The van der Waals surface area contributed by atoms with Crippen molar-refractivity contribution in [1.82, 2.24) is 0 Å². The van der Waals surface area contributed by atoms with Crippen molar-refractivity contribution in [3.05, 3.63) is 42.1 Å². The van der Waals surface area contributed by atoms with Crippen molar-refractivity contribution in [3.63, 3.8) is 0 Å². The van der Waals surface area contributed by atoms with E-state index in [0.717, 1.165) is 5.69 Å². The molecule has 0 aromatic heterocycles. The minimum Gasteiger partial charge on any atom is -0.335 e. The monoisotopic (exact) mass is 231 g/mol. The third kappa shape index (κ3) is 3.79. The number of benzene rings is 1. The van der Waals surface area contributed by atoms with Crippen molar-refractivity contribution < 1.29 is 0 Å². The number of nitrogens with zero attached hydrogens (tertiary/aromatic N) is 3. The van der Waals surface area contributed by atoms with Crippen LogP contribution in [0, 0.1) is 46.3 Å². The van der Waals surface area contributed by atoms with Crippen LogP contribution in [0.15, 0.2) is 42.1 Å². The second kappa shape index (κ2) is 7.19. The van der Waals surface area contributed by atoms with Gasteiger partial charge >= 0.3 is 0 Å². The van der Waals surface area contributed by atoms with Crippen molar-refractivity contribution in [3.8, 4) is 35.8 Å². The Morgan fingerprint density at radius 2 is 1.83 bits per heavy atom. The van der Waals surface area contributed by atoms with E-state index < -0.39 is 0 Å². The first-order valence-corrected chi connectivity index (χ1v) is 5.08. The smallest absolute Gasteiger partial charge is 0.153 e. The normalized spacial score (nSPS) is 8.72. The van der Waals surface area contributed by atoms with Crippen LogP contribution < -0.4 is 4.90 Å². The van der Waals surface area contributed by atoms with E-state index in [9.17, 15) is 0 Å². The van der Waals surface area contributed by atoms with Gasteiger partial charge in [0.25, 0.3) is 0 Å². The first kappa shape index (κ1) is 12.9. The minimum absolute atomic E-state index is 0.410. The van der Waals surface area contributed by atoms with Crippen molar-refractivity contribution in [2.45, 2.75) is 0 Å². The van der Waals surface area contributed by atoms with Gasteiger partial charge in [0, 0.05) is 30.7 Å². The first-order valence-electron chi connectivity index (χ1n) is 5.08. The lowest BCUT2D eigenvalue weighted by Crippen LogP contribution is -2.14. The zero-order valence-electron chi connectivity index (χ0n) is 9.81. The average Bonchev–Trinajstić information content (AvgIpc) is 2.43. The largest absolute Gasteiger partial charge is 0.335 e. The van der Waals surface area contributed by atoms with Gasteiger partial charge < -0.3 is 4.90 Å². The van der Waals surface area contributed by atoms with Crippen molar-refractivity contribution in [2.75, 3.05) is 11.9 Å². The predicted molar refractivity (Wildman–Crippen MR) is 69.7 cm³/mol. The van der Waals surface area contributed by atoms with Crippen LogP contribution >= 0.6 is 0 Å². The third-order valence-electron chi connectivity index (χ3n) is 2.08. The lowest BCUT2D eigenvalue weighted by molar-refractivity contribution is 1.14. The van der Waals surface area contributed by atoms with E-state index in [1.54, 1.807) is 18.0 Å². The van der Waals surface area contributed by atoms with Crippen molar-refractivity contribution in [2.24, 2.45) is 0 Å². The number of nitriles is 2. The second-order valence-corrected chi connectivity index (χ2v) is 3.17. The summed E-state index contributed by atoms with van der Waals surface area (Å²) in [6.45, 7) is 0. The average molecular weight is 231 g/mol. The molecule has 0 aliphatic heterocycles. The van der Waals surface area contributed by atoms with Gasteiger partial charge in [-0.25, -0.2) is 0 Å². The van der Waals surface area contributed by atoms with Crippen LogP contribution in [0.3, 0.4) is 0 Å². The molecule has 0 saturated carbocycles. The maximum atomic E-state index is 9.04. The van der Waals surface area contributed by atoms with Crippen LogP contribution in [0.25, 0.3) is 0 Å². The molecule has 0 unspecified atom stereocenters. The molecule has 0 radical (unpaired) electrons. The molecule has 0 amide bonds. The summed E-state index contributed by atoms with van der Waals surface area (Å²) >= 11 is 0. The van der Waals surface area contributed by atoms with Crippen LogP contribution in [0.4, 0.5) is 5.69 Å². The number of para-hydroxylation sites is 1. The van der Waals surface area contributed by atoms with Gasteiger partial charge in [-0.15, -0.1) is 0 Å². The Morgan fingerprint density at radius 1 is 1.11 bits per heavy atom. The quantitative estimate of drug-likeness (QED) is 0.578. The molecule has 0 atom stereocenters. The summed E-state index contributed by atoms with van der Waals surface area (Å²) in [5.41, 5.74) is 1.31. The molecule has 0 saturated heterocycles. The van der Waals surface area contributed by atoms with Crippen molar-refractivity contribution >= 4 is 5.69 Å². The minimum atomic E-state index is 0.410. The van der Waals surface area contributed by atoms with E-state index >= 15 is 0 Å². The summed E-state index contributed by atoms with van der Waals surface area (Å²) in [5.74, 6) is 9.60. The van der Waals surface area contributed by atoms with Crippen LogP contribution in [0.1, 0.15) is 0 Å². The Morgan fingerprint density at radius 3 is 2.44 bits per heavy atom. The van der Waals surface area contributed by atoms with Crippen molar-refractivity contribution in [1.29, 1.82) is 10.5 Å². The van der Waals surface area contributed by atoms with E-state index in [4.69, 9.17) is 10.5 Å². The molecule has 84 valence electrons. The van der Waals surface area contributed by atoms with Gasteiger partial charge in [0.2, 0.25) is 0 Å². The molecule has 18 heavy (non-hydrogen) atoms. The standard InChI is InChI=1S/C15H9N3/c1-18(14-9-6-4-7-10-14)15(13-17)11-5-2-3-8-12-16/h4,6-7,9-11H,1H3/b15-11-. The number of hydrogen-bond acceptors (Lipinski definition) is 3. The highest BCUT2D eigenvalue weighted by Gasteiger charge is 2.04. The Hall–Kier alpha value is -3.14. The SMILES string of the molecule is CN(/C(C#N)=C\C#CC#CC#N)c1ccccc1. The molecule has 3 heteroatoms. The maximum Gasteiger partial charge on any atom is 0.153 e. The zero-order valence-corrected chi connectivity index (χ0v) is 9.81. The van der Waals surface area contributed by atoms with E-state index in [1.165, 1.54) is 6.08 Å². The highest BCUT2D eigenvalue weighted by Crippen LogP contribution is 2.15. The van der Waals surface area contributed by atoms with Crippen LogP contribution in [0.2, 0.25) is 0 Å². The fourth-order valence-corrected chi connectivity index (χ4v) is 1.19. The molecule has 0 bridgehead atoms. The summed E-state index contributed by atoms with van der Waals surface area (Å²) in [4.78, 5) is 1.73. The molecule has 0 aliphatic carbocycles. The highest BCUT2D eigenvalue weighted by atomic mass is 15.1. The molecule has 0 aliphatic rings. The maximum absolute atomic E-state index is 9.04. The van der Waals surface area contributed by atoms with Gasteiger partial charge in [0.1, 0.15) is 11.8 Å². The predicted octanol–water partition coefficient (Wildman–Crippen LogP) is 2.06. The zero-order chi connectivity index (χ0) is 13.2. The van der Waals surface area contributed by atoms with Crippen LogP contribution in [-0.4, -0.2) is 7.05 Å². The van der Waals surface area contributed by atoms with Gasteiger partial charge in [0.15, 0.2) is 6.07 Å². The first-order chi connectivity index (χ1) is 8.79. The molecular formula is C15H9N3. The number of hydrogen-bond donors (Lipinski definition) is 0. The number of rotatable bonds is 2. The lowest BCUT2D eigenvalue weighted by Gasteiger charge is -2.16. The second-order valence-electron chi connectivity index (χ2n) is 3.17. The van der Waals surface area contributed by atoms with Crippen LogP contribution in [-0.2, 0) is 0 Å². The van der Waals surface area contributed by atoms with Gasteiger partial charge in [0.05, 0.1) is 0 Å². The molecule has 0 spiro atoms. The van der Waals surface area contributed by atoms with E-state index in [2.05, 4.69) is 29.8 Å². The van der Waals surface area contributed by atoms with Gasteiger partial charge in [-0.05, 0) is 18.1 Å². The molecule has 3 nitrogen and oxygen atoms in total. The molecule has 0 fully saturated rings. The Bertz CT molecular complexity index is 635. The lowest BCUT2D eigenvalue weighted by atomic mass is 10.2. The molecule has 1 aromatic rings. The summed E-state index contributed by atoms with van der Waals surface area (Å²) in [7, 11) is 1.78. The summed E-state index contributed by atoms with van der Waals surface area (Å²) < 4.78 is 0. The topological polar surface area (TPSA) is 50.8 Å². The highest BCUT2D eigenvalue weighted by molar-refractivity contribution is 5.55. The van der Waals surface area contributed by atoms with Gasteiger partial charge in [-0.3, -0.25) is 0 Å². The number of anilines is 1. The van der Waals surface area contributed by atoms with E-state index in [-0.39, 0.29) is 0 Å². The molecule has 1 rings (SSSR count). The van der Waals surface area contributed by atoms with Gasteiger partial charge in [-0.2, -0.15) is 10.5 Å². The number of allylic oxidation sites excluding steroid dienone is 2. The van der Waals surface area contributed by atoms with E-state index in [0.29, 0.717) is 5.70 Å². The molecule has 0 heterocycles. The third-order valence-corrected chi connectivity index (χ3v) is 2.08. The summed E-state index contributed by atoms with van der Waals surface area (Å²) in [6, 6.07) is 13.2. The fraction of sp³-hybridized carbons (Fsp3) is 0.0667. The molecule has 1 aromatic carbocycles. The summed E-state index contributed by atoms with van der Waals surface area (Å²) in [5, 5.41) is 17.2. The van der Waals surface area contributed by atoms with Gasteiger partial charge in [-0.1, -0.05) is 24.1 Å². The fourth-order valence-electron chi connectivity index (χ4n) is 1.19.